The molecule has 1 heterocycles. The lowest BCUT2D eigenvalue weighted by Crippen LogP contribution is -1.82. The van der Waals surface area contributed by atoms with Crippen molar-refractivity contribution in [3.05, 3.63) is 40.2 Å². The molecular weight excluding hydrogens is 178 g/mol. The molecule has 0 N–H and O–H groups in total. The monoisotopic (exact) mass is 188 g/mol. The third-order valence-electron chi connectivity index (χ3n) is 2.19. The van der Waals surface area contributed by atoms with Crippen LogP contribution in [0.15, 0.2) is 23.6 Å². The lowest BCUT2D eigenvalue weighted by Gasteiger charge is -2.01. The minimum Gasteiger partial charge on any atom is -0.233 e. The van der Waals surface area contributed by atoms with Gasteiger partial charge in [0.15, 0.2) is 5.51 Å². The highest BCUT2D eigenvalue weighted by Crippen LogP contribution is 2.21. The molecule has 0 aliphatic rings. The average molecular weight is 188 g/mol. The van der Waals surface area contributed by atoms with Gasteiger partial charge < -0.3 is 0 Å². The number of aromatic nitrogens is 1. The number of hydrogen-bond donors (Lipinski definition) is 0. The summed E-state index contributed by atoms with van der Waals surface area (Å²) in [6, 6.07) is 6.40. The standard InChI is InChI=1S/C11H10NS/c1-8-3-4-10(5-9(8)2)11-6-13-7-12-11/h3-6H,1-2H3. The summed E-state index contributed by atoms with van der Waals surface area (Å²) in [7, 11) is 0. The molecule has 2 heteroatoms. The molecule has 0 aliphatic carbocycles. The molecule has 1 aromatic carbocycles. The van der Waals surface area contributed by atoms with Crippen LogP contribution in [0, 0.1) is 19.4 Å². The molecule has 65 valence electrons. The quantitative estimate of drug-likeness (QED) is 0.669. The first-order valence-electron chi connectivity index (χ1n) is 4.16. The highest BCUT2D eigenvalue weighted by molar-refractivity contribution is 7.07. The van der Waals surface area contributed by atoms with Crippen LogP contribution in [-0.2, 0) is 0 Å². The zero-order chi connectivity index (χ0) is 9.26. The van der Waals surface area contributed by atoms with Crippen molar-refractivity contribution < 1.29 is 0 Å². The molecular formula is C11H10NS. The van der Waals surface area contributed by atoms with E-state index in [0.717, 1.165) is 5.69 Å². The summed E-state index contributed by atoms with van der Waals surface area (Å²) in [6.07, 6.45) is 0. The van der Waals surface area contributed by atoms with Crippen LogP contribution in [0.25, 0.3) is 11.3 Å². The zero-order valence-electron chi connectivity index (χ0n) is 7.66. The fourth-order valence-corrected chi connectivity index (χ4v) is 1.72. The summed E-state index contributed by atoms with van der Waals surface area (Å²) >= 11 is 1.51. The van der Waals surface area contributed by atoms with Crippen LogP contribution >= 0.6 is 11.3 Å². The number of thiazole rings is 1. The Labute approximate surface area is 82.1 Å². The molecule has 1 radical (unpaired) electrons. The maximum atomic E-state index is 4.15. The van der Waals surface area contributed by atoms with Crippen LogP contribution in [0.1, 0.15) is 11.1 Å². The molecule has 0 amide bonds. The number of rotatable bonds is 1. The maximum Gasteiger partial charge on any atom is 0.152 e. The smallest absolute Gasteiger partial charge is 0.152 e. The molecule has 0 spiro atoms. The van der Waals surface area contributed by atoms with Crippen molar-refractivity contribution in [2.45, 2.75) is 13.8 Å². The van der Waals surface area contributed by atoms with Gasteiger partial charge in [0.2, 0.25) is 0 Å². The summed E-state index contributed by atoms with van der Waals surface area (Å²) in [5, 5.41) is 2.02. The highest BCUT2D eigenvalue weighted by atomic mass is 32.1. The van der Waals surface area contributed by atoms with E-state index >= 15 is 0 Å². The van der Waals surface area contributed by atoms with Gasteiger partial charge in [-0.3, -0.25) is 0 Å². The number of benzene rings is 1. The molecule has 1 nitrogen and oxygen atoms in total. The van der Waals surface area contributed by atoms with Crippen molar-refractivity contribution >= 4 is 11.3 Å². The average Bonchev–Trinajstić information content (AvgIpc) is 2.62. The van der Waals surface area contributed by atoms with Crippen LogP contribution in [0.4, 0.5) is 0 Å². The summed E-state index contributed by atoms with van der Waals surface area (Å²) in [5.74, 6) is 0. The molecule has 0 aliphatic heterocycles. The van der Waals surface area contributed by atoms with E-state index in [2.05, 4.69) is 42.5 Å². The summed E-state index contributed by atoms with van der Waals surface area (Å²) < 4.78 is 0. The SMILES string of the molecule is Cc1ccc(-c2cs[c]n2)cc1C. The van der Waals surface area contributed by atoms with Crippen molar-refractivity contribution in [3.63, 3.8) is 0 Å². The maximum absolute atomic E-state index is 4.15. The molecule has 1 aromatic heterocycles. The molecule has 13 heavy (non-hydrogen) atoms. The van der Waals surface area contributed by atoms with Crippen LogP contribution in [0.3, 0.4) is 0 Å². The van der Waals surface area contributed by atoms with Crippen LogP contribution in [0.2, 0.25) is 0 Å². The van der Waals surface area contributed by atoms with Gasteiger partial charge in [-0.15, -0.1) is 11.3 Å². The topological polar surface area (TPSA) is 12.9 Å². The minimum absolute atomic E-state index is 1.02. The van der Waals surface area contributed by atoms with Gasteiger partial charge in [-0.2, -0.15) is 0 Å². The molecule has 0 atom stereocenters. The second kappa shape index (κ2) is 3.30. The molecule has 0 fully saturated rings. The summed E-state index contributed by atoms with van der Waals surface area (Å²) in [6.45, 7) is 4.24. The first kappa shape index (κ1) is 8.45. The third kappa shape index (κ3) is 1.63. The van der Waals surface area contributed by atoms with Crippen molar-refractivity contribution in [1.82, 2.24) is 4.98 Å². The lowest BCUT2D eigenvalue weighted by molar-refractivity contribution is 1.32. The number of aryl methyl sites for hydroxylation is 2. The summed E-state index contributed by atoms with van der Waals surface area (Å²) in [5.41, 5.74) is 7.69. The largest absolute Gasteiger partial charge is 0.233 e. The molecule has 0 unspecified atom stereocenters. The molecule has 0 bridgehead atoms. The first-order valence-corrected chi connectivity index (χ1v) is 5.04. The van der Waals surface area contributed by atoms with Gasteiger partial charge in [0.1, 0.15) is 0 Å². The van der Waals surface area contributed by atoms with E-state index in [9.17, 15) is 0 Å². The Morgan fingerprint density at radius 2 is 2.08 bits per heavy atom. The molecule has 0 saturated heterocycles. The second-order valence-corrected chi connectivity index (χ2v) is 3.78. The molecule has 2 aromatic rings. The lowest BCUT2D eigenvalue weighted by atomic mass is 10.1. The highest BCUT2D eigenvalue weighted by Gasteiger charge is 2.00. The van der Waals surface area contributed by atoms with E-state index in [-0.39, 0.29) is 0 Å². The predicted molar refractivity (Wildman–Crippen MR) is 55.9 cm³/mol. The zero-order valence-corrected chi connectivity index (χ0v) is 8.48. The van der Waals surface area contributed by atoms with Gasteiger partial charge >= 0.3 is 0 Å². The van der Waals surface area contributed by atoms with E-state index < -0.39 is 0 Å². The normalized spacial score (nSPS) is 10.3. The van der Waals surface area contributed by atoms with Gasteiger partial charge in [0.05, 0.1) is 5.69 Å². The summed E-state index contributed by atoms with van der Waals surface area (Å²) in [4.78, 5) is 4.15. The Morgan fingerprint density at radius 3 is 2.69 bits per heavy atom. The first-order chi connectivity index (χ1) is 6.27. The fourth-order valence-electron chi connectivity index (χ4n) is 1.22. The van der Waals surface area contributed by atoms with Gasteiger partial charge in [0.25, 0.3) is 0 Å². The number of hydrogen-bond acceptors (Lipinski definition) is 2. The molecule has 2 rings (SSSR count). The van der Waals surface area contributed by atoms with Crippen LogP contribution in [-0.4, -0.2) is 4.98 Å². The number of nitrogens with zero attached hydrogens (tertiary/aromatic N) is 1. The van der Waals surface area contributed by atoms with Crippen LogP contribution in [0.5, 0.6) is 0 Å². The van der Waals surface area contributed by atoms with E-state index in [0.29, 0.717) is 0 Å². The second-order valence-electron chi connectivity index (χ2n) is 3.12. The van der Waals surface area contributed by atoms with Gasteiger partial charge in [-0.1, -0.05) is 12.1 Å². The Balaban J connectivity index is 2.49. The Morgan fingerprint density at radius 1 is 1.23 bits per heavy atom. The molecule has 0 saturated carbocycles. The van der Waals surface area contributed by atoms with E-state index in [1.165, 1.54) is 28.0 Å². The van der Waals surface area contributed by atoms with Gasteiger partial charge in [-0.25, -0.2) is 4.98 Å². The Bertz CT molecular complexity index is 404. The van der Waals surface area contributed by atoms with Crippen molar-refractivity contribution in [3.8, 4) is 11.3 Å². The van der Waals surface area contributed by atoms with E-state index in [4.69, 9.17) is 0 Å². The Kier molecular flexibility index (Phi) is 2.15. The van der Waals surface area contributed by atoms with Crippen molar-refractivity contribution in [1.29, 1.82) is 0 Å². The third-order valence-corrected chi connectivity index (χ3v) is 2.73. The van der Waals surface area contributed by atoms with Crippen molar-refractivity contribution in [2.75, 3.05) is 0 Å². The Hall–Kier alpha value is -1.15. The van der Waals surface area contributed by atoms with Gasteiger partial charge in [0, 0.05) is 10.9 Å². The van der Waals surface area contributed by atoms with Gasteiger partial charge in [-0.05, 0) is 31.0 Å². The predicted octanol–water partition coefficient (Wildman–Crippen LogP) is 3.23. The fraction of sp³-hybridized carbons (Fsp3) is 0.182. The van der Waals surface area contributed by atoms with E-state index in [1.54, 1.807) is 0 Å². The van der Waals surface area contributed by atoms with Crippen molar-refractivity contribution in [2.24, 2.45) is 0 Å². The van der Waals surface area contributed by atoms with Crippen LogP contribution < -0.4 is 0 Å². The minimum atomic E-state index is 1.02. The van der Waals surface area contributed by atoms with E-state index in [1.807, 2.05) is 5.38 Å².